The first kappa shape index (κ1) is 13.8. The second kappa shape index (κ2) is 7.89. The largest absolute Gasteiger partial charge is 0.384 e. The zero-order valence-corrected chi connectivity index (χ0v) is 10.7. The number of nitrogens with zero attached hydrogens (tertiary/aromatic N) is 1. The Bertz CT molecular complexity index is 389. The van der Waals surface area contributed by atoms with Crippen molar-refractivity contribution in [1.82, 2.24) is 4.90 Å². The van der Waals surface area contributed by atoms with Crippen LogP contribution in [0.1, 0.15) is 30.9 Å². The van der Waals surface area contributed by atoms with Crippen LogP contribution in [0.15, 0.2) is 24.3 Å². The van der Waals surface area contributed by atoms with Gasteiger partial charge in [-0.05, 0) is 37.7 Å². The smallest absolute Gasteiger partial charge is 0.104 e. The molecule has 0 atom stereocenters. The van der Waals surface area contributed by atoms with Gasteiger partial charge in [-0.15, -0.1) is 0 Å². The highest BCUT2D eigenvalue weighted by Crippen LogP contribution is 2.07. The number of benzene rings is 1. The van der Waals surface area contributed by atoms with Crippen molar-refractivity contribution in [2.45, 2.75) is 26.3 Å². The minimum Gasteiger partial charge on any atom is -0.384 e. The normalized spacial score (nSPS) is 10.1. The summed E-state index contributed by atoms with van der Waals surface area (Å²) in [5, 5.41) is 8.66. The van der Waals surface area contributed by atoms with E-state index in [1.54, 1.807) is 0 Å². The fraction of sp³-hybridized carbons (Fsp3) is 0.467. The molecule has 92 valence electrons. The molecular weight excluding hydrogens is 210 g/mol. The van der Waals surface area contributed by atoms with Crippen LogP contribution in [0.4, 0.5) is 0 Å². The van der Waals surface area contributed by atoms with E-state index in [1.165, 1.54) is 18.4 Å². The molecular formula is C15H21NO. The highest BCUT2D eigenvalue weighted by atomic mass is 16.2. The van der Waals surface area contributed by atoms with Gasteiger partial charge in [0.15, 0.2) is 0 Å². The first-order valence-corrected chi connectivity index (χ1v) is 6.13. The zero-order valence-electron chi connectivity index (χ0n) is 10.7. The third-order valence-corrected chi connectivity index (χ3v) is 2.58. The van der Waals surface area contributed by atoms with Crippen LogP contribution >= 0.6 is 0 Å². The summed E-state index contributed by atoms with van der Waals surface area (Å²) in [6, 6.07) is 8.19. The molecule has 1 aromatic carbocycles. The molecule has 0 radical (unpaired) electrons. The molecule has 1 rings (SSSR count). The molecule has 0 fully saturated rings. The van der Waals surface area contributed by atoms with E-state index < -0.39 is 0 Å². The zero-order chi connectivity index (χ0) is 12.5. The number of hydrogen-bond donors (Lipinski definition) is 1. The predicted molar refractivity (Wildman–Crippen MR) is 71.6 cm³/mol. The number of rotatable bonds is 5. The van der Waals surface area contributed by atoms with Crippen molar-refractivity contribution in [3.8, 4) is 11.8 Å². The molecule has 17 heavy (non-hydrogen) atoms. The van der Waals surface area contributed by atoms with Gasteiger partial charge in [-0.1, -0.05) is 37.3 Å². The first-order chi connectivity index (χ1) is 8.26. The van der Waals surface area contributed by atoms with Gasteiger partial charge in [0.2, 0.25) is 0 Å². The van der Waals surface area contributed by atoms with Crippen LogP contribution < -0.4 is 0 Å². The van der Waals surface area contributed by atoms with E-state index in [0.717, 1.165) is 18.7 Å². The molecule has 0 aliphatic rings. The maximum atomic E-state index is 8.66. The molecule has 1 aromatic rings. The molecule has 2 heteroatoms. The quantitative estimate of drug-likeness (QED) is 0.786. The van der Waals surface area contributed by atoms with E-state index in [2.05, 4.69) is 42.8 Å². The van der Waals surface area contributed by atoms with Crippen molar-refractivity contribution in [3.05, 3.63) is 35.4 Å². The summed E-state index contributed by atoms with van der Waals surface area (Å²) >= 11 is 0. The maximum absolute atomic E-state index is 8.66. The third-order valence-electron chi connectivity index (χ3n) is 2.58. The first-order valence-electron chi connectivity index (χ1n) is 6.13. The summed E-state index contributed by atoms with van der Waals surface area (Å²) in [7, 11) is 2.14. The van der Waals surface area contributed by atoms with E-state index >= 15 is 0 Å². The highest BCUT2D eigenvalue weighted by molar-refractivity contribution is 5.37. The molecule has 0 aromatic heterocycles. The number of unbranched alkanes of at least 4 members (excludes halogenated alkanes) is 1. The van der Waals surface area contributed by atoms with Gasteiger partial charge in [0.1, 0.15) is 6.61 Å². The van der Waals surface area contributed by atoms with Crippen molar-refractivity contribution in [1.29, 1.82) is 0 Å². The topological polar surface area (TPSA) is 23.5 Å². The molecule has 0 bridgehead atoms. The Morgan fingerprint density at radius 3 is 2.88 bits per heavy atom. The Balaban J connectivity index is 2.59. The molecule has 0 heterocycles. The number of hydrogen-bond acceptors (Lipinski definition) is 2. The Kier molecular flexibility index (Phi) is 6.39. The SMILES string of the molecule is CCCCN(C)Cc1cccc(C#CCO)c1. The fourth-order valence-corrected chi connectivity index (χ4v) is 1.71. The van der Waals surface area contributed by atoms with Crippen molar-refractivity contribution < 1.29 is 5.11 Å². The lowest BCUT2D eigenvalue weighted by Gasteiger charge is -2.16. The third kappa shape index (κ3) is 5.53. The molecule has 0 saturated carbocycles. The van der Waals surface area contributed by atoms with Crippen LogP contribution in [0.3, 0.4) is 0 Å². The van der Waals surface area contributed by atoms with Crippen LogP contribution in [0.25, 0.3) is 0 Å². The summed E-state index contributed by atoms with van der Waals surface area (Å²) in [6.07, 6.45) is 2.47. The Morgan fingerprint density at radius 1 is 1.35 bits per heavy atom. The number of aliphatic hydroxyl groups is 1. The van der Waals surface area contributed by atoms with E-state index in [-0.39, 0.29) is 6.61 Å². The second-order valence-electron chi connectivity index (χ2n) is 4.25. The molecule has 2 nitrogen and oxygen atoms in total. The van der Waals surface area contributed by atoms with E-state index in [0.29, 0.717) is 0 Å². The molecule has 0 amide bonds. The minimum atomic E-state index is -0.0827. The summed E-state index contributed by atoms with van der Waals surface area (Å²) < 4.78 is 0. The molecule has 0 aliphatic carbocycles. The van der Waals surface area contributed by atoms with Crippen LogP contribution in [0, 0.1) is 11.8 Å². The van der Waals surface area contributed by atoms with E-state index in [1.807, 2.05) is 12.1 Å². The summed E-state index contributed by atoms with van der Waals surface area (Å²) in [5.74, 6) is 5.60. The minimum absolute atomic E-state index is 0.0827. The van der Waals surface area contributed by atoms with Crippen LogP contribution in [0.2, 0.25) is 0 Å². The van der Waals surface area contributed by atoms with Crippen molar-refractivity contribution in [2.24, 2.45) is 0 Å². The number of aliphatic hydroxyl groups excluding tert-OH is 1. The van der Waals surface area contributed by atoms with Crippen LogP contribution in [-0.2, 0) is 6.54 Å². The lowest BCUT2D eigenvalue weighted by Crippen LogP contribution is -2.18. The van der Waals surface area contributed by atoms with Crippen molar-refractivity contribution in [3.63, 3.8) is 0 Å². The van der Waals surface area contributed by atoms with Crippen molar-refractivity contribution in [2.75, 3.05) is 20.2 Å². The molecule has 0 saturated heterocycles. The average molecular weight is 231 g/mol. The van der Waals surface area contributed by atoms with Gasteiger partial charge in [-0.25, -0.2) is 0 Å². The van der Waals surface area contributed by atoms with Gasteiger partial charge in [0.25, 0.3) is 0 Å². The van der Waals surface area contributed by atoms with E-state index in [4.69, 9.17) is 5.11 Å². The maximum Gasteiger partial charge on any atom is 0.104 e. The predicted octanol–water partition coefficient (Wildman–Crippen LogP) is 2.26. The lowest BCUT2D eigenvalue weighted by atomic mass is 10.1. The Morgan fingerprint density at radius 2 is 2.18 bits per heavy atom. The van der Waals surface area contributed by atoms with Gasteiger partial charge < -0.3 is 10.0 Å². The highest BCUT2D eigenvalue weighted by Gasteiger charge is 2.00. The van der Waals surface area contributed by atoms with Gasteiger partial charge in [0.05, 0.1) is 0 Å². The molecule has 0 aliphatic heterocycles. The van der Waals surface area contributed by atoms with Gasteiger partial charge in [-0.2, -0.15) is 0 Å². The molecule has 0 spiro atoms. The van der Waals surface area contributed by atoms with Crippen LogP contribution in [-0.4, -0.2) is 30.2 Å². The Labute approximate surface area is 104 Å². The summed E-state index contributed by atoms with van der Waals surface area (Å²) in [4.78, 5) is 2.32. The van der Waals surface area contributed by atoms with Gasteiger partial charge in [0, 0.05) is 12.1 Å². The van der Waals surface area contributed by atoms with Crippen LogP contribution in [0.5, 0.6) is 0 Å². The molecule has 0 unspecified atom stereocenters. The standard InChI is InChI=1S/C15H21NO/c1-3-4-10-16(2)13-15-8-5-7-14(12-15)9-6-11-17/h5,7-8,12,17H,3-4,10-11,13H2,1-2H3. The lowest BCUT2D eigenvalue weighted by molar-refractivity contribution is 0.321. The monoisotopic (exact) mass is 231 g/mol. The summed E-state index contributed by atoms with van der Waals surface area (Å²) in [5.41, 5.74) is 2.24. The average Bonchev–Trinajstić information content (AvgIpc) is 2.34. The summed E-state index contributed by atoms with van der Waals surface area (Å²) in [6.45, 7) is 4.21. The van der Waals surface area contributed by atoms with E-state index in [9.17, 15) is 0 Å². The fourth-order valence-electron chi connectivity index (χ4n) is 1.71. The van der Waals surface area contributed by atoms with Gasteiger partial charge >= 0.3 is 0 Å². The second-order valence-corrected chi connectivity index (χ2v) is 4.25. The van der Waals surface area contributed by atoms with Gasteiger partial charge in [-0.3, -0.25) is 0 Å². The van der Waals surface area contributed by atoms with Crippen molar-refractivity contribution >= 4 is 0 Å². The molecule has 1 N–H and O–H groups in total. The Hall–Kier alpha value is -1.30.